The van der Waals surface area contributed by atoms with Gasteiger partial charge in [0.15, 0.2) is 0 Å². The zero-order valence-corrected chi connectivity index (χ0v) is 11.3. The first-order chi connectivity index (χ1) is 8.65. The van der Waals surface area contributed by atoms with Crippen molar-refractivity contribution in [1.29, 1.82) is 0 Å². The fourth-order valence-corrected chi connectivity index (χ4v) is 2.50. The quantitative estimate of drug-likeness (QED) is 0.922. The molecule has 0 fully saturated rings. The number of nitrogens with zero attached hydrogens (tertiary/aromatic N) is 1. The number of thiazole rings is 1. The van der Waals surface area contributed by atoms with E-state index in [9.17, 15) is 4.39 Å². The van der Waals surface area contributed by atoms with Crippen LogP contribution < -0.4 is 10.1 Å². The Balaban J connectivity index is 2.42. The highest BCUT2D eigenvalue weighted by molar-refractivity contribution is 7.10. The molecule has 18 heavy (non-hydrogen) atoms. The number of benzene rings is 1. The Kier molecular flexibility index (Phi) is 3.93. The smallest absolute Gasteiger partial charge is 0.128 e. The minimum Gasteiger partial charge on any atom is -0.496 e. The van der Waals surface area contributed by atoms with Gasteiger partial charge in [0.1, 0.15) is 16.6 Å². The summed E-state index contributed by atoms with van der Waals surface area (Å²) in [5.74, 6) is 0.340. The number of halogens is 1. The topological polar surface area (TPSA) is 34.2 Å². The maximum absolute atomic E-state index is 13.3. The lowest BCUT2D eigenvalue weighted by molar-refractivity contribution is 0.415. The fraction of sp³-hybridized carbons (Fsp3) is 0.308. The van der Waals surface area contributed by atoms with Gasteiger partial charge < -0.3 is 10.1 Å². The van der Waals surface area contributed by atoms with E-state index in [1.807, 2.05) is 19.4 Å². The van der Waals surface area contributed by atoms with E-state index in [-0.39, 0.29) is 11.9 Å². The van der Waals surface area contributed by atoms with Gasteiger partial charge in [-0.15, -0.1) is 11.3 Å². The molecular weight excluding hydrogens is 251 g/mol. The van der Waals surface area contributed by atoms with Crippen molar-refractivity contribution in [2.45, 2.75) is 13.0 Å². The predicted molar refractivity (Wildman–Crippen MR) is 71.5 cm³/mol. The molecule has 2 aromatic rings. The van der Waals surface area contributed by atoms with Gasteiger partial charge in [0, 0.05) is 10.9 Å². The second kappa shape index (κ2) is 5.46. The molecule has 0 bridgehead atoms. The molecule has 0 radical (unpaired) electrons. The average molecular weight is 266 g/mol. The Morgan fingerprint density at radius 3 is 2.89 bits per heavy atom. The first-order valence-electron chi connectivity index (χ1n) is 5.62. The second-order valence-electron chi connectivity index (χ2n) is 3.93. The van der Waals surface area contributed by atoms with Crippen LogP contribution in [0.25, 0.3) is 11.3 Å². The lowest BCUT2D eigenvalue weighted by atomic mass is 10.1. The number of ether oxygens (including phenoxy) is 1. The van der Waals surface area contributed by atoms with E-state index < -0.39 is 0 Å². The Morgan fingerprint density at radius 1 is 1.44 bits per heavy atom. The number of hydrogen-bond donors (Lipinski definition) is 1. The highest BCUT2D eigenvalue weighted by atomic mass is 32.1. The number of methoxy groups -OCH3 is 1. The first kappa shape index (κ1) is 13.0. The van der Waals surface area contributed by atoms with Crippen LogP contribution in [0.15, 0.2) is 23.6 Å². The van der Waals surface area contributed by atoms with Crippen molar-refractivity contribution in [3.63, 3.8) is 0 Å². The van der Waals surface area contributed by atoms with E-state index in [4.69, 9.17) is 4.74 Å². The highest BCUT2D eigenvalue weighted by Crippen LogP contribution is 2.32. The lowest BCUT2D eigenvalue weighted by Gasteiger charge is -2.07. The van der Waals surface area contributed by atoms with Crippen molar-refractivity contribution in [3.05, 3.63) is 34.4 Å². The lowest BCUT2D eigenvalue weighted by Crippen LogP contribution is -2.11. The van der Waals surface area contributed by atoms with Crippen LogP contribution in [-0.2, 0) is 0 Å². The van der Waals surface area contributed by atoms with Gasteiger partial charge in [-0.3, -0.25) is 0 Å². The normalized spacial score (nSPS) is 12.4. The summed E-state index contributed by atoms with van der Waals surface area (Å²) in [5, 5.41) is 6.02. The molecule has 0 saturated heterocycles. The Bertz CT molecular complexity index is 542. The summed E-state index contributed by atoms with van der Waals surface area (Å²) in [6, 6.07) is 4.63. The summed E-state index contributed by atoms with van der Waals surface area (Å²) in [7, 11) is 3.45. The molecule has 3 nitrogen and oxygen atoms in total. The summed E-state index contributed by atoms with van der Waals surface area (Å²) in [6.45, 7) is 2.03. The molecule has 0 aliphatic rings. The monoisotopic (exact) mass is 266 g/mol. The summed E-state index contributed by atoms with van der Waals surface area (Å²) in [5.41, 5.74) is 1.43. The minimum absolute atomic E-state index is 0.184. The molecule has 1 unspecified atom stereocenters. The zero-order chi connectivity index (χ0) is 13.1. The third-order valence-corrected chi connectivity index (χ3v) is 3.79. The zero-order valence-electron chi connectivity index (χ0n) is 10.5. The van der Waals surface area contributed by atoms with Gasteiger partial charge in [-0.25, -0.2) is 9.37 Å². The van der Waals surface area contributed by atoms with E-state index in [2.05, 4.69) is 10.3 Å². The third-order valence-electron chi connectivity index (χ3n) is 2.76. The van der Waals surface area contributed by atoms with Crippen molar-refractivity contribution in [1.82, 2.24) is 10.3 Å². The number of aromatic nitrogens is 1. The molecule has 1 aromatic carbocycles. The van der Waals surface area contributed by atoms with E-state index in [0.717, 1.165) is 10.7 Å². The number of nitrogens with one attached hydrogen (secondary N) is 1. The molecule has 2 rings (SSSR count). The molecule has 0 aliphatic heterocycles. The van der Waals surface area contributed by atoms with Crippen LogP contribution in [-0.4, -0.2) is 19.1 Å². The molecule has 0 aliphatic carbocycles. The molecule has 0 amide bonds. The van der Waals surface area contributed by atoms with E-state index >= 15 is 0 Å². The Hall–Kier alpha value is -1.46. The Morgan fingerprint density at radius 2 is 2.22 bits per heavy atom. The van der Waals surface area contributed by atoms with Crippen LogP contribution in [0.5, 0.6) is 5.75 Å². The SMILES string of the molecule is CNC(C)c1nc(-c2cc(F)ccc2OC)cs1. The maximum Gasteiger partial charge on any atom is 0.128 e. The highest BCUT2D eigenvalue weighted by Gasteiger charge is 2.13. The van der Waals surface area contributed by atoms with Crippen LogP contribution in [0.4, 0.5) is 4.39 Å². The molecular formula is C13H15FN2OS. The van der Waals surface area contributed by atoms with Crippen LogP contribution in [0, 0.1) is 5.82 Å². The predicted octanol–water partition coefficient (Wildman–Crippen LogP) is 3.24. The van der Waals surface area contributed by atoms with Gasteiger partial charge in [-0.1, -0.05) is 0 Å². The van der Waals surface area contributed by atoms with E-state index in [1.54, 1.807) is 24.5 Å². The van der Waals surface area contributed by atoms with Crippen molar-refractivity contribution >= 4 is 11.3 Å². The molecule has 0 spiro atoms. The van der Waals surface area contributed by atoms with Gasteiger partial charge >= 0.3 is 0 Å². The van der Waals surface area contributed by atoms with Crippen molar-refractivity contribution in [2.24, 2.45) is 0 Å². The summed E-state index contributed by atoms with van der Waals surface area (Å²) >= 11 is 1.55. The fourth-order valence-electron chi connectivity index (χ4n) is 1.61. The summed E-state index contributed by atoms with van der Waals surface area (Å²) in [4.78, 5) is 4.51. The van der Waals surface area contributed by atoms with Crippen molar-refractivity contribution < 1.29 is 9.13 Å². The largest absolute Gasteiger partial charge is 0.496 e. The van der Waals surface area contributed by atoms with Crippen LogP contribution in [0.1, 0.15) is 18.0 Å². The second-order valence-corrected chi connectivity index (χ2v) is 4.82. The van der Waals surface area contributed by atoms with Gasteiger partial charge in [-0.05, 0) is 32.2 Å². The van der Waals surface area contributed by atoms with E-state index in [1.165, 1.54) is 12.1 Å². The maximum atomic E-state index is 13.3. The van der Waals surface area contributed by atoms with Gasteiger partial charge in [0.25, 0.3) is 0 Å². The van der Waals surface area contributed by atoms with E-state index in [0.29, 0.717) is 11.3 Å². The molecule has 1 atom stereocenters. The van der Waals surface area contributed by atoms with Crippen LogP contribution in [0.3, 0.4) is 0 Å². The minimum atomic E-state index is -0.290. The molecule has 1 aromatic heterocycles. The summed E-state index contributed by atoms with van der Waals surface area (Å²) in [6.07, 6.45) is 0. The number of hydrogen-bond acceptors (Lipinski definition) is 4. The molecule has 96 valence electrons. The molecule has 0 saturated carbocycles. The number of rotatable bonds is 4. The molecule has 5 heteroatoms. The molecule has 1 heterocycles. The van der Waals surface area contributed by atoms with Gasteiger partial charge in [0.05, 0.1) is 18.8 Å². The molecule has 1 N–H and O–H groups in total. The Labute approximate surface area is 110 Å². The standard InChI is InChI=1S/C13H15FN2OS/c1-8(15-2)13-16-11(7-18-13)10-6-9(14)4-5-12(10)17-3/h4-8,15H,1-3H3. The third kappa shape index (κ3) is 2.52. The summed E-state index contributed by atoms with van der Waals surface area (Å²) < 4.78 is 18.5. The van der Waals surface area contributed by atoms with Crippen LogP contribution in [0.2, 0.25) is 0 Å². The van der Waals surface area contributed by atoms with Gasteiger partial charge in [0.2, 0.25) is 0 Å². The van der Waals surface area contributed by atoms with Crippen molar-refractivity contribution in [3.8, 4) is 17.0 Å². The van der Waals surface area contributed by atoms with Crippen molar-refractivity contribution in [2.75, 3.05) is 14.2 Å². The average Bonchev–Trinajstić information content (AvgIpc) is 2.87. The van der Waals surface area contributed by atoms with Gasteiger partial charge in [-0.2, -0.15) is 0 Å². The van der Waals surface area contributed by atoms with Crippen LogP contribution >= 0.6 is 11.3 Å². The first-order valence-corrected chi connectivity index (χ1v) is 6.50.